The molecule has 170 valence electrons. The Labute approximate surface area is 183 Å². The van der Waals surface area contributed by atoms with Crippen molar-refractivity contribution >= 4 is 33.0 Å². The van der Waals surface area contributed by atoms with Crippen LogP contribution in [0.5, 0.6) is 5.75 Å². The van der Waals surface area contributed by atoms with E-state index in [1.165, 1.54) is 24.3 Å². The molecule has 0 radical (unpaired) electrons. The molecule has 0 aliphatic rings. The van der Waals surface area contributed by atoms with E-state index in [0.29, 0.717) is 23.1 Å². The van der Waals surface area contributed by atoms with Crippen molar-refractivity contribution in [3.05, 3.63) is 60.4 Å². The van der Waals surface area contributed by atoms with Crippen molar-refractivity contribution in [2.45, 2.75) is 18.2 Å². The maximum Gasteiger partial charge on any atom is 0.573 e. The molecule has 0 bridgehead atoms. The maximum absolute atomic E-state index is 12.6. The number of aryl methyl sites for hydroxylation is 1. The largest absolute Gasteiger partial charge is 0.573 e. The summed E-state index contributed by atoms with van der Waals surface area (Å²) in [6.45, 7) is 1.76. The second-order valence-electron chi connectivity index (χ2n) is 6.86. The fourth-order valence-corrected chi connectivity index (χ4v) is 3.89. The number of sulfonamides is 1. The number of hydrogen-bond donors (Lipinski definition) is 2. The summed E-state index contributed by atoms with van der Waals surface area (Å²) in [5.74, 6) is 1.02. The molecular formula is C20H20F3N5O3S. The normalized spacial score (nSPS) is 11.7. The van der Waals surface area contributed by atoms with Crippen LogP contribution in [0.15, 0.2) is 59.5 Å². The second kappa shape index (κ2) is 8.91. The van der Waals surface area contributed by atoms with Crippen LogP contribution >= 0.6 is 0 Å². The Kier molecular flexibility index (Phi) is 6.44. The topological polar surface area (TPSA) is 96.5 Å². The van der Waals surface area contributed by atoms with E-state index >= 15 is 0 Å². The van der Waals surface area contributed by atoms with Crippen LogP contribution in [-0.4, -0.2) is 38.8 Å². The van der Waals surface area contributed by atoms with Gasteiger partial charge in [-0.25, -0.2) is 18.4 Å². The van der Waals surface area contributed by atoms with Crippen LogP contribution in [0.4, 0.5) is 36.2 Å². The molecule has 1 aromatic heterocycles. The van der Waals surface area contributed by atoms with E-state index in [1.54, 1.807) is 25.1 Å². The first-order valence-electron chi connectivity index (χ1n) is 9.21. The van der Waals surface area contributed by atoms with Gasteiger partial charge in [0, 0.05) is 31.5 Å². The minimum Gasteiger partial charge on any atom is -0.404 e. The predicted octanol–water partition coefficient (Wildman–Crippen LogP) is 4.29. The highest BCUT2D eigenvalue weighted by atomic mass is 32.2. The molecule has 0 unspecified atom stereocenters. The van der Waals surface area contributed by atoms with Crippen LogP contribution in [0.2, 0.25) is 0 Å². The number of anilines is 4. The molecule has 2 N–H and O–H groups in total. The lowest BCUT2D eigenvalue weighted by Crippen LogP contribution is -2.20. The van der Waals surface area contributed by atoms with Gasteiger partial charge in [0.25, 0.3) is 10.0 Å². The molecule has 0 fully saturated rings. The first-order chi connectivity index (χ1) is 14.9. The fraction of sp³-hybridized carbons (Fsp3) is 0.200. The molecule has 1 heterocycles. The molecule has 0 aliphatic carbocycles. The maximum atomic E-state index is 12.6. The summed E-state index contributed by atoms with van der Waals surface area (Å²) in [5.41, 5.74) is 0.779. The monoisotopic (exact) mass is 467 g/mol. The molecule has 12 heteroatoms. The van der Waals surface area contributed by atoms with Crippen molar-refractivity contribution in [1.82, 2.24) is 9.97 Å². The Morgan fingerprint density at radius 2 is 1.59 bits per heavy atom. The van der Waals surface area contributed by atoms with Crippen molar-refractivity contribution < 1.29 is 26.3 Å². The average molecular weight is 467 g/mol. The van der Waals surface area contributed by atoms with Crippen molar-refractivity contribution in [2.24, 2.45) is 0 Å². The van der Waals surface area contributed by atoms with E-state index < -0.39 is 27.0 Å². The van der Waals surface area contributed by atoms with Gasteiger partial charge in [-0.05, 0) is 43.3 Å². The van der Waals surface area contributed by atoms with Crippen LogP contribution in [0.1, 0.15) is 5.82 Å². The summed E-state index contributed by atoms with van der Waals surface area (Å²) >= 11 is 0. The number of alkyl halides is 3. The zero-order valence-corrected chi connectivity index (χ0v) is 18.1. The first-order valence-corrected chi connectivity index (χ1v) is 10.7. The number of nitrogens with one attached hydrogen (secondary N) is 2. The van der Waals surface area contributed by atoms with Crippen LogP contribution in [0.25, 0.3) is 0 Å². The van der Waals surface area contributed by atoms with Gasteiger partial charge in [0.15, 0.2) is 0 Å². The number of rotatable bonds is 7. The summed E-state index contributed by atoms with van der Waals surface area (Å²) < 4.78 is 69.1. The summed E-state index contributed by atoms with van der Waals surface area (Å²) in [5, 5.41) is 3.10. The number of para-hydroxylation sites is 1. The fourth-order valence-electron chi connectivity index (χ4n) is 2.71. The highest BCUT2D eigenvalue weighted by Crippen LogP contribution is 2.31. The third-order valence-corrected chi connectivity index (χ3v) is 5.48. The lowest BCUT2D eigenvalue weighted by atomic mass is 10.3. The Morgan fingerprint density at radius 3 is 2.22 bits per heavy atom. The Morgan fingerprint density at radius 1 is 0.969 bits per heavy atom. The molecule has 0 aliphatic heterocycles. The molecule has 3 rings (SSSR count). The van der Waals surface area contributed by atoms with Gasteiger partial charge in [-0.15, -0.1) is 13.2 Å². The van der Waals surface area contributed by atoms with Gasteiger partial charge < -0.3 is 15.0 Å². The van der Waals surface area contributed by atoms with Crippen molar-refractivity contribution in [2.75, 3.05) is 29.0 Å². The minimum absolute atomic E-state index is 0.158. The highest BCUT2D eigenvalue weighted by Gasteiger charge is 2.34. The van der Waals surface area contributed by atoms with Gasteiger partial charge in [-0.2, -0.15) is 0 Å². The molecule has 0 spiro atoms. The van der Waals surface area contributed by atoms with E-state index in [4.69, 9.17) is 0 Å². The third-order valence-electron chi connectivity index (χ3n) is 4.06. The predicted molar refractivity (Wildman–Crippen MR) is 115 cm³/mol. The van der Waals surface area contributed by atoms with E-state index in [9.17, 15) is 21.6 Å². The molecule has 8 nitrogen and oxygen atoms in total. The summed E-state index contributed by atoms with van der Waals surface area (Å²) in [4.78, 5) is 9.81. The molecule has 2 aromatic carbocycles. The van der Waals surface area contributed by atoms with Gasteiger partial charge in [-0.3, -0.25) is 4.72 Å². The number of aromatic nitrogens is 2. The van der Waals surface area contributed by atoms with Crippen LogP contribution in [0.3, 0.4) is 0 Å². The van der Waals surface area contributed by atoms with Gasteiger partial charge in [0.2, 0.25) is 0 Å². The molecule has 3 aromatic rings. The number of nitrogens with zero attached hydrogens (tertiary/aromatic N) is 3. The van der Waals surface area contributed by atoms with Crippen molar-refractivity contribution in [1.29, 1.82) is 0 Å². The van der Waals surface area contributed by atoms with Crippen LogP contribution in [-0.2, 0) is 10.0 Å². The van der Waals surface area contributed by atoms with Gasteiger partial charge in [0.05, 0.1) is 0 Å². The van der Waals surface area contributed by atoms with Crippen LogP contribution in [0, 0.1) is 6.92 Å². The summed E-state index contributed by atoms with van der Waals surface area (Å²) in [7, 11) is -0.627. The smallest absolute Gasteiger partial charge is 0.404 e. The Bertz CT molecular complexity index is 1200. The quantitative estimate of drug-likeness (QED) is 0.535. The minimum atomic E-state index is -5.02. The van der Waals surface area contributed by atoms with E-state index in [2.05, 4.69) is 24.7 Å². The van der Waals surface area contributed by atoms with Crippen molar-refractivity contribution in [3.8, 4) is 5.75 Å². The van der Waals surface area contributed by atoms with E-state index in [-0.39, 0.29) is 5.69 Å². The molecule has 32 heavy (non-hydrogen) atoms. The van der Waals surface area contributed by atoms with Gasteiger partial charge in [-0.1, -0.05) is 12.1 Å². The van der Waals surface area contributed by atoms with Crippen LogP contribution < -0.4 is 19.7 Å². The average Bonchev–Trinajstić information content (AvgIpc) is 2.68. The van der Waals surface area contributed by atoms with Crippen molar-refractivity contribution in [3.63, 3.8) is 0 Å². The summed E-state index contributed by atoms with van der Waals surface area (Å²) in [6, 6.07) is 12.4. The second-order valence-corrected chi connectivity index (χ2v) is 8.51. The SMILES string of the molecule is Cc1nc(Nc2ccc(NS(=O)(=O)c3ccccc3OC(F)(F)F)cc2)cc(N(C)C)n1. The molecular weight excluding hydrogens is 447 g/mol. The van der Waals surface area contributed by atoms with E-state index in [0.717, 1.165) is 12.1 Å². The third kappa shape index (κ3) is 6.00. The number of benzene rings is 2. The summed E-state index contributed by atoms with van der Waals surface area (Å²) in [6.07, 6.45) is -5.02. The zero-order chi connectivity index (χ0) is 23.5. The number of ether oxygens (including phenoxy) is 1. The zero-order valence-electron chi connectivity index (χ0n) is 17.3. The number of hydrogen-bond acceptors (Lipinski definition) is 7. The molecule has 0 saturated heterocycles. The lowest BCUT2D eigenvalue weighted by Gasteiger charge is -2.15. The molecule has 0 saturated carbocycles. The highest BCUT2D eigenvalue weighted by molar-refractivity contribution is 7.92. The molecule has 0 amide bonds. The first kappa shape index (κ1) is 23.1. The van der Waals surface area contributed by atoms with E-state index in [1.807, 2.05) is 19.0 Å². The lowest BCUT2D eigenvalue weighted by molar-refractivity contribution is -0.275. The standard InChI is InChI=1S/C20H20F3N5O3S/c1-13-24-18(12-19(25-13)28(2)3)26-14-8-10-15(11-9-14)27-32(29,30)17-7-5-4-6-16(17)31-20(21,22)23/h4-12,27H,1-3H3,(H,24,25,26). The molecule has 0 atom stereocenters. The Balaban J connectivity index is 1.78. The van der Waals surface area contributed by atoms with Gasteiger partial charge in [0.1, 0.15) is 28.1 Å². The Hall–Kier alpha value is -3.54. The number of halogens is 3. The van der Waals surface area contributed by atoms with Gasteiger partial charge >= 0.3 is 6.36 Å².